The standard InChI is InChI=1S/C19H34N2/c1-2-5-17(6-3-1)20-18-12-16(11-15-9-10-15)13-21(14-18)19-7-4-8-19/h15-20H,1-14H2. The fraction of sp³-hybridized carbons (Fsp3) is 1.00. The summed E-state index contributed by atoms with van der Waals surface area (Å²) in [4.78, 5) is 2.88. The van der Waals surface area contributed by atoms with Crippen molar-refractivity contribution in [2.24, 2.45) is 11.8 Å². The van der Waals surface area contributed by atoms with Crippen LogP contribution in [-0.4, -0.2) is 36.1 Å². The molecule has 0 spiro atoms. The van der Waals surface area contributed by atoms with E-state index >= 15 is 0 Å². The molecule has 1 heterocycles. The molecule has 3 saturated carbocycles. The maximum absolute atomic E-state index is 4.07. The Morgan fingerprint density at radius 2 is 1.52 bits per heavy atom. The molecule has 2 heteroatoms. The highest BCUT2D eigenvalue weighted by atomic mass is 15.2. The molecule has 120 valence electrons. The van der Waals surface area contributed by atoms with Crippen LogP contribution in [0.15, 0.2) is 0 Å². The van der Waals surface area contributed by atoms with Crippen LogP contribution in [0.4, 0.5) is 0 Å². The van der Waals surface area contributed by atoms with Crippen LogP contribution in [0.1, 0.15) is 77.0 Å². The summed E-state index contributed by atoms with van der Waals surface area (Å²) in [6, 6.07) is 2.58. The van der Waals surface area contributed by atoms with E-state index in [-0.39, 0.29) is 0 Å². The van der Waals surface area contributed by atoms with Crippen LogP contribution in [0.3, 0.4) is 0 Å². The van der Waals surface area contributed by atoms with E-state index in [0.29, 0.717) is 0 Å². The molecule has 4 fully saturated rings. The second-order valence-electron chi connectivity index (χ2n) is 8.52. The second-order valence-corrected chi connectivity index (χ2v) is 8.52. The van der Waals surface area contributed by atoms with E-state index in [4.69, 9.17) is 0 Å². The SMILES string of the molecule is C1CCC(NC2CC(CC3CC3)CN(C3CCC3)C2)CC1. The normalized spacial score (nSPS) is 36.6. The summed E-state index contributed by atoms with van der Waals surface area (Å²) in [5, 5.41) is 4.07. The predicted octanol–water partition coefficient (Wildman–Crippen LogP) is 3.95. The van der Waals surface area contributed by atoms with Crippen molar-refractivity contribution in [3.05, 3.63) is 0 Å². The molecule has 0 bridgehead atoms. The molecule has 1 aliphatic heterocycles. The molecule has 4 rings (SSSR count). The van der Waals surface area contributed by atoms with Crippen LogP contribution in [0.5, 0.6) is 0 Å². The smallest absolute Gasteiger partial charge is 0.0200 e. The molecule has 4 aliphatic rings. The zero-order chi connectivity index (χ0) is 14.1. The molecule has 0 radical (unpaired) electrons. The van der Waals surface area contributed by atoms with Gasteiger partial charge in [-0.2, -0.15) is 0 Å². The lowest BCUT2D eigenvalue weighted by Crippen LogP contribution is -2.56. The van der Waals surface area contributed by atoms with Gasteiger partial charge in [-0.05, 0) is 50.4 Å². The van der Waals surface area contributed by atoms with Gasteiger partial charge in [-0.1, -0.05) is 38.5 Å². The molecule has 2 atom stereocenters. The third-order valence-electron chi connectivity index (χ3n) is 6.60. The minimum absolute atomic E-state index is 0.797. The van der Waals surface area contributed by atoms with E-state index in [1.165, 1.54) is 90.1 Å². The summed E-state index contributed by atoms with van der Waals surface area (Å²) in [5.41, 5.74) is 0. The maximum Gasteiger partial charge on any atom is 0.0200 e. The van der Waals surface area contributed by atoms with Crippen LogP contribution in [-0.2, 0) is 0 Å². The van der Waals surface area contributed by atoms with Gasteiger partial charge in [0.1, 0.15) is 0 Å². The van der Waals surface area contributed by atoms with Crippen LogP contribution >= 0.6 is 0 Å². The van der Waals surface area contributed by atoms with E-state index < -0.39 is 0 Å². The van der Waals surface area contributed by atoms with E-state index in [0.717, 1.165) is 30.0 Å². The Bertz CT molecular complexity index is 326. The summed E-state index contributed by atoms with van der Waals surface area (Å²) in [6.07, 6.45) is 17.8. The molecule has 3 aliphatic carbocycles. The number of hydrogen-bond acceptors (Lipinski definition) is 2. The first-order valence-corrected chi connectivity index (χ1v) is 9.87. The molecular formula is C19H34N2. The van der Waals surface area contributed by atoms with Gasteiger partial charge in [0.25, 0.3) is 0 Å². The first-order chi connectivity index (χ1) is 10.4. The topological polar surface area (TPSA) is 15.3 Å². The van der Waals surface area contributed by atoms with Crippen molar-refractivity contribution in [2.75, 3.05) is 13.1 Å². The number of likely N-dealkylation sites (tertiary alicyclic amines) is 1. The Labute approximate surface area is 131 Å². The predicted molar refractivity (Wildman–Crippen MR) is 88.5 cm³/mol. The summed E-state index contributed by atoms with van der Waals surface area (Å²) < 4.78 is 0. The summed E-state index contributed by atoms with van der Waals surface area (Å²) in [6.45, 7) is 2.77. The van der Waals surface area contributed by atoms with E-state index in [9.17, 15) is 0 Å². The van der Waals surface area contributed by atoms with Gasteiger partial charge in [0.15, 0.2) is 0 Å². The number of hydrogen-bond donors (Lipinski definition) is 1. The molecule has 1 saturated heterocycles. The van der Waals surface area contributed by atoms with E-state index in [2.05, 4.69) is 10.2 Å². The van der Waals surface area contributed by atoms with Crippen LogP contribution < -0.4 is 5.32 Å². The monoisotopic (exact) mass is 290 g/mol. The van der Waals surface area contributed by atoms with Crippen LogP contribution in [0.2, 0.25) is 0 Å². The molecule has 2 unspecified atom stereocenters. The number of nitrogens with zero attached hydrogens (tertiary/aromatic N) is 1. The molecule has 2 nitrogen and oxygen atoms in total. The van der Waals surface area contributed by atoms with Gasteiger partial charge in [-0.15, -0.1) is 0 Å². The molecule has 1 N–H and O–H groups in total. The van der Waals surface area contributed by atoms with Crippen LogP contribution in [0, 0.1) is 11.8 Å². The average molecular weight is 290 g/mol. The van der Waals surface area contributed by atoms with Crippen molar-refractivity contribution < 1.29 is 0 Å². The van der Waals surface area contributed by atoms with Crippen LogP contribution in [0.25, 0.3) is 0 Å². The molecule has 0 aromatic heterocycles. The fourth-order valence-electron chi connectivity index (χ4n) is 5.01. The number of rotatable bonds is 5. The first-order valence-electron chi connectivity index (χ1n) is 9.87. The Kier molecular flexibility index (Phi) is 4.55. The quantitative estimate of drug-likeness (QED) is 0.824. The third kappa shape index (κ3) is 3.82. The zero-order valence-electron chi connectivity index (χ0n) is 13.7. The van der Waals surface area contributed by atoms with Gasteiger partial charge >= 0.3 is 0 Å². The molecular weight excluding hydrogens is 256 g/mol. The van der Waals surface area contributed by atoms with Gasteiger partial charge in [0.2, 0.25) is 0 Å². The van der Waals surface area contributed by atoms with Gasteiger partial charge in [0.05, 0.1) is 0 Å². The summed E-state index contributed by atoms with van der Waals surface area (Å²) in [5.74, 6) is 2.10. The highest BCUT2D eigenvalue weighted by Gasteiger charge is 2.36. The fourth-order valence-corrected chi connectivity index (χ4v) is 5.01. The number of piperidine rings is 1. The van der Waals surface area contributed by atoms with Crippen molar-refractivity contribution in [3.8, 4) is 0 Å². The Hall–Kier alpha value is -0.0800. The van der Waals surface area contributed by atoms with Crippen molar-refractivity contribution in [1.82, 2.24) is 10.2 Å². The van der Waals surface area contributed by atoms with E-state index in [1.807, 2.05) is 0 Å². The summed E-state index contributed by atoms with van der Waals surface area (Å²) >= 11 is 0. The third-order valence-corrected chi connectivity index (χ3v) is 6.60. The van der Waals surface area contributed by atoms with Gasteiger partial charge in [-0.3, -0.25) is 4.90 Å². The highest BCUT2D eigenvalue weighted by Crippen LogP contribution is 2.39. The minimum Gasteiger partial charge on any atom is -0.310 e. The first kappa shape index (κ1) is 14.5. The molecule has 0 amide bonds. The summed E-state index contributed by atoms with van der Waals surface area (Å²) in [7, 11) is 0. The Balaban J connectivity index is 1.33. The van der Waals surface area contributed by atoms with Gasteiger partial charge in [0, 0.05) is 31.2 Å². The molecule has 0 aromatic rings. The van der Waals surface area contributed by atoms with E-state index in [1.54, 1.807) is 0 Å². The lowest BCUT2D eigenvalue weighted by Gasteiger charge is -2.46. The van der Waals surface area contributed by atoms with Gasteiger partial charge in [-0.25, -0.2) is 0 Å². The Morgan fingerprint density at radius 3 is 2.19 bits per heavy atom. The van der Waals surface area contributed by atoms with Crippen molar-refractivity contribution >= 4 is 0 Å². The van der Waals surface area contributed by atoms with Crippen molar-refractivity contribution in [1.29, 1.82) is 0 Å². The van der Waals surface area contributed by atoms with Gasteiger partial charge < -0.3 is 5.32 Å². The largest absolute Gasteiger partial charge is 0.310 e. The van der Waals surface area contributed by atoms with Crippen molar-refractivity contribution in [3.63, 3.8) is 0 Å². The minimum atomic E-state index is 0.797. The maximum atomic E-state index is 4.07. The lowest BCUT2D eigenvalue weighted by atomic mass is 9.84. The molecule has 0 aromatic carbocycles. The van der Waals surface area contributed by atoms with Crippen molar-refractivity contribution in [2.45, 2.75) is 95.2 Å². The zero-order valence-corrected chi connectivity index (χ0v) is 13.7. The second kappa shape index (κ2) is 6.58. The average Bonchev–Trinajstić information content (AvgIpc) is 3.21. The number of nitrogens with one attached hydrogen (secondary N) is 1. The molecule has 21 heavy (non-hydrogen) atoms. The Morgan fingerprint density at radius 1 is 0.714 bits per heavy atom. The highest BCUT2D eigenvalue weighted by molar-refractivity contribution is 4.93. The lowest BCUT2D eigenvalue weighted by molar-refractivity contribution is 0.0504.